The molecule has 2 rings (SSSR count). The van der Waals surface area contributed by atoms with Gasteiger partial charge in [-0.2, -0.15) is 4.98 Å². The number of piperidine rings is 1. The van der Waals surface area contributed by atoms with Gasteiger partial charge in [-0.05, 0) is 26.3 Å². The molecule has 1 aliphatic heterocycles. The molecule has 0 aliphatic carbocycles. The lowest BCUT2D eigenvalue weighted by atomic mass is 10.1. The number of nitrogens with one attached hydrogen (secondary N) is 1. The number of sulfonamides is 1. The van der Waals surface area contributed by atoms with Crippen molar-refractivity contribution in [3.8, 4) is 0 Å². The van der Waals surface area contributed by atoms with E-state index < -0.39 is 10.0 Å². The van der Waals surface area contributed by atoms with Gasteiger partial charge in [-0.15, -0.1) is 0 Å². The van der Waals surface area contributed by atoms with Gasteiger partial charge in [0.25, 0.3) is 0 Å². The van der Waals surface area contributed by atoms with Gasteiger partial charge >= 0.3 is 0 Å². The number of hydrogen-bond donors (Lipinski definition) is 1. The molecule has 18 heavy (non-hydrogen) atoms. The Kier molecular flexibility index (Phi) is 3.98. The van der Waals surface area contributed by atoms with Crippen LogP contribution in [-0.2, 0) is 16.6 Å². The van der Waals surface area contributed by atoms with Crippen LogP contribution in [0.4, 0.5) is 0 Å². The average molecular weight is 274 g/mol. The highest BCUT2D eigenvalue weighted by molar-refractivity contribution is 7.88. The Morgan fingerprint density at radius 2 is 2.33 bits per heavy atom. The maximum absolute atomic E-state index is 11.2. The molecule has 1 fully saturated rings. The van der Waals surface area contributed by atoms with Crippen LogP contribution in [0.2, 0.25) is 0 Å². The molecule has 8 heteroatoms. The minimum Gasteiger partial charge on any atom is -0.338 e. The molecule has 1 aromatic heterocycles. The van der Waals surface area contributed by atoms with Gasteiger partial charge in [0.2, 0.25) is 15.9 Å². The van der Waals surface area contributed by atoms with Crippen LogP contribution in [0.25, 0.3) is 0 Å². The molecule has 0 aromatic carbocycles. The van der Waals surface area contributed by atoms with Crippen LogP contribution in [0, 0.1) is 6.92 Å². The molecule has 1 aliphatic rings. The summed E-state index contributed by atoms with van der Waals surface area (Å²) in [5.74, 6) is 1.19. The summed E-state index contributed by atoms with van der Waals surface area (Å²) in [5.41, 5.74) is 0. The predicted molar refractivity (Wildman–Crippen MR) is 65.3 cm³/mol. The maximum Gasteiger partial charge on any atom is 0.240 e. The SMILES string of the molecule is Cc1noc(CN2CCCC(NS(C)(=O)=O)C2)n1. The zero-order valence-corrected chi connectivity index (χ0v) is 11.4. The van der Waals surface area contributed by atoms with Crippen molar-refractivity contribution >= 4 is 10.0 Å². The second-order valence-corrected chi connectivity index (χ2v) is 6.48. The molecule has 1 aromatic rings. The van der Waals surface area contributed by atoms with E-state index in [0.29, 0.717) is 24.8 Å². The molecule has 1 N–H and O–H groups in total. The molecule has 1 atom stereocenters. The quantitative estimate of drug-likeness (QED) is 0.824. The number of hydrogen-bond acceptors (Lipinski definition) is 6. The summed E-state index contributed by atoms with van der Waals surface area (Å²) in [6, 6.07) is -0.0298. The third-order valence-corrected chi connectivity index (χ3v) is 3.58. The third-order valence-electron chi connectivity index (χ3n) is 2.81. The number of rotatable bonds is 4. The molecule has 0 amide bonds. The lowest BCUT2D eigenvalue weighted by molar-refractivity contribution is 0.173. The van der Waals surface area contributed by atoms with Gasteiger partial charge in [0.1, 0.15) is 0 Å². The monoisotopic (exact) mass is 274 g/mol. The van der Waals surface area contributed by atoms with Crippen molar-refractivity contribution in [1.82, 2.24) is 19.8 Å². The van der Waals surface area contributed by atoms with Crippen LogP contribution >= 0.6 is 0 Å². The van der Waals surface area contributed by atoms with Crippen molar-refractivity contribution in [2.45, 2.75) is 32.4 Å². The van der Waals surface area contributed by atoms with E-state index in [1.165, 1.54) is 6.26 Å². The minimum atomic E-state index is -3.14. The van der Waals surface area contributed by atoms with Crippen LogP contribution in [-0.4, -0.2) is 48.8 Å². The van der Waals surface area contributed by atoms with Crippen LogP contribution < -0.4 is 4.72 Å². The van der Waals surface area contributed by atoms with Crippen LogP contribution in [0.1, 0.15) is 24.6 Å². The summed E-state index contributed by atoms with van der Waals surface area (Å²) in [7, 11) is -3.14. The van der Waals surface area contributed by atoms with Crippen molar-refractivity contribution in [3.63, 3.8) is 0 Å². The first-order chi connectivity index (χ1) is 8.42. The second kappa shape index (κ2) is 5.33. The number of aryl methyl sites for hydroxylation is 1. The fraction of sp³-hybridized carbons (Fsp3) is 0.800. The number of aromatic nitrogens is 2. The van der Waals surface area contributed by atoms with E-state index in [-0.39, 0.29) is 6.04 Å². The maximum atomic E-state index is 11.2. The fourth-order valence-electron chi connectivity index (χ4n) is 2.19. The Morgan fingerprint density at radius 3 is 2.94 bits per heavy atom. The first-order valence-corrected chi connectivity index (χ1v) is 7.80. The molecular formula is C10H18N4O3S. The summed E-state index contributed by atoms with van der Waals surface area (Å²) in [6.45, 7) is 3.94. The summed E-state index contributed by atoms with van der Waals surface area (Å²) < 4.78 is 30.1. The third kappa shape index (κ3) is 4.04. The standard InChI is InChI=1S/C10H18N4O3S/c1-8-11-10(17-12-8)7-14-5-3-4-9(6-14)13-18(2,15)16/h9,13H,3-7H2,1-2H3. The average Bonchev–Trinajstić information content (AvgIpc) is 2.62. The number of likely N-dealkylation sites (tertiary alicyclic amines) is 1. The van der Waals surface area contributed by atoms with Crippen LogP contribution in [0.3, 0.4) is 0 Å². The highest BCUT2D eigenvalue weighted by Crippen LogP contribution is 2.13. The lowest BCUT2D eigenvalue weighted by Gasteiger charge is -2.31. The normalized spacial score (nSPS) is 22.2. The van der Waals surface area contributed by atoms with Crippen LogP contribution in [0.5, 0.6) is 0 Å². The van der Waals surface area contributed by atoms with Crippen molar-refractivity contribution in [2.24, 2.45) is 0 Å². The topological polar surface area (TPSA) is 88.3 Å². The van der Waals surface area contributed by atoms with Crippen molar-refractivity contribution in [3.05, 3.63) is 11.7 Å². The number of nitrogens with zero attached hydrogens (tertiary/aromatic N) is 3. The van der Waals surface area contributed by atoms with E-state index in [2.05, 4.69) is 19.8 Å². The highest BCUT2D eigenvalue weighted by Gasteiger charge is 2.23. The molecule has 0 bridgehead atoms. The van der Waals surface area contributed by atoms with Gasteiger partial charge in [0.15, 0.2) is 5.82 Å². The van der Waals surface area contributed by atoms with Gasteiger partial charge in [-0.3, -0.25) is 4.90 Å². The van der Waals surface area contributed by atoms with Gasteiger partial charge in [0, 0.05) is 12.6 Å². The zero-order chi connectivity index (χ0) is 13.2. The summed E-state index contributed by atoms with van der Waals surface area (Å²) in [5, 5.41) is 3.74. The lowest BCUT2D eigenvalue weighted by Crippen LogP contribution is -2.47. The molecule has 1 unspecified atom stereocenters. The molecule has 7 nitrogen and oxygen atoms in total. The molecule has 102 valence electrons. The predicted octanol–water partition coefficient (Wildman–Crippen LogP) is -0.108. The Labute approximate surface area is 107 Å². The molecule has 0 spiro atoms. The largest absolute Gasteiger partial charge is 0.338 e. The zero-order valence-electron chi connectivity index (χ0n) is 10.6. The van der Waals surface area contributed by atoms with E-state index in [9.17, 15) is 8.42 Å². The van der Waals surface area contributed by atoms with Crippen molar-refractivity contribution < 1.29 is 12.9 Å². The first kappa shape index (κ1) is 13.4. The molecule has 1 saturated heterocycles. The summed E-state index contributed by atoms with van der Waals surface area (Å²) in [4.78, 5) is 6.27. The van der Waals surface area contributed by atoms with E-state index in [0.717, 1.165) is 19.4 Å². The van der Waals surface area contributed by atoms with E-state index in [4.69, 9.17) is 4.52 Å². The molecule has 0 radical (unpaired) electrons. The van der Waals surface area contributed by atoms with Crippen LogP contribution in [0.15, 0.2) is 4.52 Å². The smallest absolute Gasteiger partial charge is 0.240 e. The van der Waals surface area contributed by atoms with Gasteiger partial charge < -0.3 is 4.52 Å². The fourth-order valence-corrected chi connectivity index (χ4v) is 2.99. The van der Waals surface area contributed by atoms with E-state index >= 15 is 0 Å². The van der Waals surface area contributed by atoms with Gasteiger partial charge in [0.05, 0.1) is 12.8 Å². The molecule has 2 heterocycles. The van der Waals surface area contributed by atoms with Crippen molar-refractivity contribution in [1.29, 1.82) is 0 Å². The Hall–Kier alpha value is -0.990. The second-order valence-electron chi connectivity index (χ2n) is 4.70. The van der Waals surface area contributed by atoms with E-state index in [1.807, 2.05) is 0 Å². The van der Waals surface area contributed by atoms with Crippen molar-refractivity contribution in [2.75, 3.05) is 19.3 Å². The molecular weight excluding hydrogens is 256 g/mol. The van der Waals surface area contributed by atoms with Gasteiger partial charge in [-0.1, -0.05) is 5.16 Å². The Balaban J connectivity index is 1.90. The minimum absolute atomic E-state index is 0.0298. The summed E-state index contributed by atoms with van der Waals surface area (Å²) in [6.07, 6.45) is 3.01. The van der Waals surface area contributed by atoms with E-state index in [1.54, 1.807) is 6.92 Å². The highest BCUT2D eigenvalue weighted by atomic mass is 32.2. The first-order valence-electron chi connectivity index (χ1n) is 5.91. The summed E-state index contributed by atoms with van der Waals surface area (Å²) >= 11 is 0. The Bertz CT molecular complexity index is 499. The Morgan fingerprint density at radius 1 is 1.56 bits per heavy atom. The van der Waals surface area contributed by atoms with Gasteiger partial charge in [-0.25, -0.2) is 13.1 Å². The molecule has 0 saturated carbocycles.